The first-order chi connectivity index (χ1) is 10.1. The highest BCUT2D eigenvalue weighted by molar-refractivity contribution is 7.71. The summed E-state index contributed by atoms with van der Waals surface area (Å²) in [7, 11) is -5.50. The van der Waals surface area contributed by atoms with Crippen LogP contribution in [-0.2, 0) is 18.4 Å². The Morgan fingerprint density at radius 2 is 1.13 bits per heavy atom. The van der Waals surface area contributed by atoms with Gasteiger partial charge >= 0.3 is 7.12 Å². The quantitative estimate of drug-likeness (QED) is 0.617. The molecule has 1 aliphatic rings. The van der Waals surface area contributed by atoms with E-state index in [9.17, 15) is 9.13 Å². The van der Waals surface area contributed by atoms with Gasteiger partial charge in [0, 0.05) is 10.6 Å². The van der Waals surface area contributed by atoms with Crippen molar-refractivity contribution in [3.05, 3.63) is 18.2 Å². The lowest BCUT2D eigenvalue weighted by Crippen LogP contribution is -2.41. The molecule has 1 fully saturated rings. The lowest BCUT2D eigenvalue weighted by Gasteiger charge is -2.32. The molecule has 23 heavy (non-hydrogen) atoms. The maximum absolute atomic E-state index is 12.5. The molecule has 1 saturated heterocycles. The predicted octanol–water partition coefficient (Wildman–Crippen LogP) is 2.48. The molecule has 128 valence electrons. The molecule has 0 amide bonds. The van der Waals surface area contributed by atoms with E-state index in [2.05, 4.69) is 0 Å². The van der Waals surface area contributed by atoms with Crippen molar-refractivity contribution in [1.82, 2.24) is 0 Å². The van der Waals surface area contributed by atoms with Gasteiger partial charge in [0.05, 0.1) is 11.2 Å². The van der Waals surface area contributed by atoms with Gasteiger partial charge in [0.1, 0.15) is 14.3 Å². The second-order valence-electron chi connectivity index (χ2n) is 8.07. The van der Waals surface area contributed by atoms with Crippen LogP contribution < -0.4 is 16.1 Å². The highest BCUT2D eigenvalue weighted by Crippen LogP contribution is 2.39. The van der Waals surface area contributed by atoms with Crippen molar-refractivity contribution in [3.63, 3.8) is 0 Å². The highest BCUT2D eigenvalue weighted by atomic mass is 31.2. The topological polar surface area (TPSA) is 52.6 Å². The van der Waals surface area contributed by atoms with Gasteiger partial charge in [-0.05, 0) is 65.9 Å². The third-order valence-electron chi connectivity index (χ3n) is 4.69. The summed E-state index contributed by atoms with van der Waals surface area (Å²) in [6.07, 6.45) is 0. The number of rotatable bonds is 3. The fourth-order valence-corrected chi connectivity index (χ4v) is 4.28. The standard InChI is InChI=1S/C16H27BO4P2/c1-15(2)16(3,4)21-17(20-15)12-9-13(22(5,6)18)11-14(10-12)23(7,8)19/h9-11H,1-8H3. The Morgan fingerprint density at radius 1 is 0.783 bits per heavy atom. The average Bonchev–Trinajstić information content (AvgIpc) is 2.56. The van der Waals surface area contributed by atoms with Crippen molar-refractivity contribution in [2.24, 2.45) is 0 Å². The molecule has 1 aliphatic heterocycles. The monoisotopic (exact) mass is 356 g/mol. The maximum atomic E-state index is 12.5. The van der Waals surface area contributed by atoms with Crippen molar-refractivity contribution in [2.75, 3.05) is 26.7 Å². The minimum Gasteiger partial charge on any atom is -0.399 e. The third kappa shape index (κ3) is 3.85. The van der Waals surface area contributed by atoms with E-state index < -0.39 is 32.6 Å². The number of benzene rings is 1. The molecule has 0 unspecified atom stereocenters. The SMILES string of the molecule is CC1(C)OB(c2cc(P(C)(C)=O)cc(P(C)(C)=O)c2)OC1(C)C. The van der Waals surface area contributed by atoms with E-state index in [1.165, 1.54) is 0 Å². The molecule has 4 nitrogen and oxygen atoms in total. The van der Waals surface area contributed by atoms with Gasteiger partial charge in [-0.2, -0.15) is 0 Å². The summed E-state index contributed by atoms with van der Waals surface area (Å²) < 4.78 is 37.3. The zero-order valence-electron chi connectivity index (χ0n) is 15.3. The minimum absolute atomic E-state index is 0.446. The molecule has 2 rings (SSSR count). The summed E-state index contributed by atoms with van der Waals surface area (Å²) in [5.74, 6) is 0. The summed E-state index contributed by atoms with van der Waals surface area (Å²) in [6, 6.07) is 5.53. The van der Waals surface area contributed by atoms with Gasteiger partial charge in [-0.25, -0.2) is 0 Å². The maximum Gasteiger partial charge on any atom is 0.494 e. The zero-order valence-corrected chi connectivity index (χ0v) is 17.1. The van der Waals surface area contributed by atoms with E-state index in [0.29, 0.717) is 10.6 Å². The van der Waals surface area contributed by atoms with Crippen LogP contribution in [0, 0.1) is 0 Å². The first-order valence-electron chi connectivity index (χ1n) is 7.75. The molecule has 1 aromatic rings. The summed E-state index contributed by atoms with van der Waals surface area (Å²) >= 11 is 0. The predicted molar refractivity (Wildman–Crippen MR) is 100 cm³/mol. The normalized spacial score (nSPS) is 20.8. The van der Waals surface area contributed by atoms with E-state index in [1.54, 1.807) is 32.7 Å². The second-order valence-corrected chi connectivity index (χ2v) is 14.5. The lowest BCUT2D eigenvalue weighted by atomic mass is 9.79. The van der Waals surface area contributed by atoms with Crippen molar-refractivity contribution in [2.45, 2.75) is 38.9 Å². The van der Waals surface area contributed by atoms with Crippen LogP contribution in [0.5, 0.6) is 0 Å². The molecule has 0 aromatic heterocycles. The molecule has 0 aliphatic carbocycles. The Morgan fingerprint density at radius 3 is 1.43 bits per heavy atom. The van der Waals surface area contributed by atoms with Crippen molar-refractivity contribution in [3.8, 4) is 0 Å². The Hall–Kier alpha value is -0.335. The van der Waals surface area contributed by atoms with Crippen molar-refractivity contribution in [1.29, 1.82) is 0 Å². The fourth-order valence-electron chi connectivity index (χ4n) is 2.36. The van der Waals surface area contributed by atoms with Gasteiger partial charge in [0.15, 0.2) is 0 Å². The van der Waals surface area contributed by atoms with Crippen LogP contribution in [0.15, 0.2) is 18.2 Å². The Kier molecular flexibility index (Phi) is 4.62. The molecule has 0 saturated carbocycles. The van der Waals surface area contributed by atoms with E-state index in [4.69, 9.17) is 9.31 Å². The van der Waals surface area contributed by atoms with Gasteiger partial charge in [-0.1, -0.05) is 12.1 Å². The number of hydrogen-bond donors (Lipinski definition) is 0. The van der Waals surface area contributed by atoms with Crippen molar-refractivity contribution < 1.29 is 18.4 Å². The van der Waals surface area contributed by atoms with E-state index in [-0.39, 0.29) is 0 Å². The van der Waals surface area contributed by atoms with Crippen LogP contribution in [0.2, 0.25) is 0 Å². The number of hydrogen-bond acceptors (Lipinski definition) is 4. The molecule has 7 heteroatoms. The van der Waals surface area contributed by atoms with E-state index in [1.807, 2.05) is 39.8 Å². The fraction of sp³-hybridized carbons (Fsp3) is 0.625. The average molecular weight is 356 g/mol. The molecular weight excluding hydrogens is 329 g/mol. The summed E-state index contributed by atoms with van der Waals surface area (Å²) in [4.78, 5) is 0. The second kappa shape index (κ2) is 5.59. The van der Waals surface area contributed by atoms with Crippen LogP contribution in [0.25, 0.3) is 0 Å². The van der Waals surface area contributed by atoms with Crippen LogP contribution in [-0.4, -0.2) is 45.0 Å². The van der Waals surface area contributed by atoms with Gasteiger partial charge in [-0.3, -0.25) is 0 Å². The molecule has 0 bridgehead atoms. The van der Waals surface area contributed by atoms with Crippen LogP contribution in [0.1, 0.15) is 27.7 Å². The molecule has 0 radical (unpaired) electrons. The van der Waals surface area contributed by atoms with Crippen LogP contribution in [0.4, 0.5) is 0 Å². The smallest absolute Gasteiger partial charge is 0.399 e. The molecule has 0 spiro atoms. The van der Waals surface area contributed by atoms with Crippen LogP contribution >= 0.6 is 14.3 Å². The first-order valence-corrected chi connectivity index (χ1v) is 13.0. The van der Waals surface area contributed by atoms with E-state index in [0.717, 1.165) is 5.46 Å². The third-order valence-corrected chi connectivity index (χ3v) is 7.70. The molecule has 1 aromatic carbocycles. The molecule has 0 N–H and O–H groups in total. The van der Waals surface area contributed by atoms with Gasteiger partial charge in [0.25, 0.3) is 0 Å². The molecular formula is C16H27BO4P2. The lowest BCUT2D eigenvalue weighted by molar-refractivity contribution is 0.00578. The largest absolute Gasteiger partial charge is 0.494 e. The highest BCUT2D eigenvalue weighted by Gasteiger charge is 2.52. The summed E-state index contributed by atoms with van der Waals surface area (Å²) in [6.45, 7) is 14.8. The summed E-state index contributed by atoms with van der Waals surface area (Å²) in [5.41, 5.74) is -0.111. The summed E-state index contributed by atoms with van der Waals surface area (Å²) in [5, 5.41) is 1.42. The van der Waals surface area contributed by atoms with Gasteiger partial charge in [0.2, 0.25) is 0 Å². The zero-order chi connectivity index (χ0) is 17.8. The minimum atomic E-state index is -2.48. The molecule has 1 heterocycles. The van der Waals surface area contributed by atoms with E-state index >= 15 is 0 Å². The Bertz CT molecular complexity index is 659. The first kappa shape index (κ1) is 19.0. The van der Waals surface area contributed by atoms with Crippen molar-refractivity contribution >= 4 is 37.5 Å². The van der Waals surface area contributed by atoms with Crippen LogP contribution in [0.3, 0.4) is 0 Å². The van der Waals surface area contributed by atoms with Gasteiger partial charge < -0.3 is 18.4 Å². The Balaban J connectivity index is 2.56. The van der Waals surface area contributed by atoms with Gasteiger partial charge in [-0.15, -0.1) is 0 Å². The Labute approximate surface area is 140 Å². The molecule has 0 atom stereocenters.